The molecule has 130 valence electrons. The summed E-state index contributed by atoms with van der Waals surface area (Å²) in [4.78, 5) is 0.826. The van der Waals surface area contributed by atoms with E-state index in [-0.39, 0.29) is 13.2 Å². The summed E-state index contributed by atoms with van der Waals surface area (Å²) in [5, 5.41) is 17.3. The first-order chi connectivity index (χ1) is 12.2. The molecule has 0 spiro atoms. The van der Waals surface area contributed by atoms with Crippen LogP contribution in [-0.4, -0.2) is 36.2 Å². The summed E-state index contributed by atoms with van der Waals surface area (Å²) in [6.45, 7) is 0.180. The molecule has 25 heavy (non-hydrogen) atoms. The van der Waals surface area contributed by atoms with Gasteiger partial charge in [0.25, 0.3) is 0 Å². The Morgan fingerprint density at radius 1 is 1.20 bits per heavy atom. The van der Waals surface area contributed by atoms with Gasteiger partial charge in [-0.15, -0.1) is 5.10 Å². The van der Waals surface area contributed by atoms with E-state index >= 15 is 0 Å². The molecule has 0 aliphatic carbocycles. The number of thiazole rings is 1. The van der Waals surface area contributed by atoms with E-state index in [9.17, 15) is 0 Å². The number of aliphatic hydroxyl groups excluding tert-OH is 1. The topological polar surface area (TPSA) is 68.3 Å². The maximum absolute atomic E-state index is 8.84. The molecule has 1 N–H and O–H groups in total. The summed E-state index contributed by atoms with van der Waals surface area (Å²) in [7, 11) is 3.55. The fraction of sp³-hybridized carbons (Fsp3) is 0.222. The molecular formula is C18H19N3O3S. The molecule has 0 saturated carbocycles. The number of rotatable bonds is 6. The van der Waals surface area contributed by atoms with Crippen molar-refractivity contribution in [3.05, 3.63) is 52.8 Å². The van der Waals surface area contributed by atoms with E-state index in [0.29, 0.717) is 11.5 Å². The summed E-state index contributed by atoms with van der Waals surface area (Å²) in [6, 6.07) is 13.6. The Hall–Kier alpha value is -2.64. The van der Waals surface area contributed by atoms with Crippen molar-refractivity contribution < 1.29 is 14.6 Å². The molecular weight excluding hydrogens is 338 g/mol. The second-order valence-corrected chi connectivity index (χ2v) is 6.25. The Morgan fingerprint density at radius 3 is 2.80 bits per heavy atom. The third-order valence-electron chi connectivity index (χ3n) is 3.60. The minimum atomic E-state index is -0.0442. The number of aliphatic hydroxyl groups is 1. The number of ether oxygens (including phenoxy) is 2. The molecule has 0 aliphatic rings. The fourth-order valence-corrected chi connectivity index (χ4v) is 3.34. The maximum atomic E-state index is 8.84. The molecule has 0 aliphatic heterocycles. The third-order valence-corrected chi connectivity index (χ3v) is 4.70. The first-order valence-electron chi connectivity index (χ1n) is 7.76. The Bertz CT molecular complexity index is 960. The van der Waals surface area contributed by atoms with Gasteiger partial charge in [0.05, 0.1) is 30.1 Å². The predicted molar refractivity (Wildman–Crippen MR) is 99.5 cm³/mol. The number of methoxy groups -OCH3 is 1. The normalized spacial score (nSPS) is 12.2. The van der Waals surface area contributed by atoms with Gasteiger partial charge in [0.2, 0.25) is 4.80 Å². The van der Waals surface area contributed by atoms with E-state index in [1.165, 1.54) is 4.70 Å². The first-order valence-corrected chi connectivity index (χ1v) is 8.58. The molecule has 3 rings (SSSR count). The number of aryl methyl sites for hydroxylation is 1. The van der Waals surface area contributed by atoms with Gasteiger partial charge in [-0.2, -0.15) is 5.10 Å². The molecule has 2 aromatic carbocycles. The van der Waals surface area contributed by atoms with Gasteiger partial charge in [0.15, 0.2) is 11.5 Å². The zero-order chi connectivity index (χ0) is 17.6. The van der Waals surface area contributed by atoms with Crippen LogP contribution in [0.2, 0.25) is 0 Å². The van der Waals surface area contributed by atoms with E-state index in [2.05, 4.69) is 22.3 Å². The minimum Gasteiger partial charge on any atom is -0.493 e. The number of nitrogens with zero attached hydrogens (tertiary/aromatic N) is 3. The van der Waals surface area contributed by atoms with Crippen LogP contribution in [0.5, 0.6) is 11.5 Å². The lowest BCUT2D eigenvalue weighted by Gasteiger charge is -2.09. The molecule has 7 heteroatoms. The lowest BCUT2D eigenvalue weighted by molar-refractivity contribution is 0.196. The van der Waals surface area contributed by atoms with Crippen LogP contribution in [0, 0.1) is 0 Å². The molecule has 0 bridgehead atoms. The number of fused-ring (bicyclic) bond motifs is 1. The molecule has 0 atom stereocenters. The lowest BCUT2D eigenvalue weighted by atomic mass is 10.2. The molecule has 0 unspecified atom stereocenters. The van der Waals surface area contributed by atoms with Crippen molar-refractivity contribution in [2.45, 2.75) is 0 Å². The second kappa shape index (κ2) is 7.96. The van der Waals surface area contributed by atoms with E-state index in [4.69, 9.17) is 14.6 Å². The number of hydrogen-bond donors (Lipinski definition) is 1. The molecule has 0 fully saturated rings. The van der Waals surface area contributed by atoms with Crippen LogP contribution < -0.4 is 14.3 Å². The van der Waals surface area contributed by atoms with Gasteiger partial charge < -0.3 is 19.1 Å². The lowest BCUT2D eigenvalue weighted by Crippen LogP contribution is -2.08. The molecule has 0 radical (unpaired) electrons. The van der Waals surface area contributed by atoms with Crippen LogP contribution >= 0.6 is 11.3 Å². The van der Waals surface area contributed by atoms with Gasteiger partial charge in [0, 0.05) is 7.05 Å². The Kier molecular flexibility index (Phi) is 5.47. The largest absolute Gasteiger partial charge is 0.493 e. The smallest absolute Gasteiger partial charge is 0.211 e. The third kappa shape index (κ3) is 3.89. The zero-order valence-electron chi connectivity index (χ0n) is 14.0. The van der Waals surface area contributed by atoms with Crippen LogP contribution in [-0.2, 0) is 7.05 Å². The summed E-state index contributed by atoms with van der Waals surface area (Å²) in [6.07, 6.45) is 1.67. The fourth-order valence-electron chi connectivity index (χ4n) is 2.36. The van der Waals surface area contributed by atoms with E-state index in [1.807, 2.05) is 35.9 Å². The van der Waals surface area contributed by atoms with Crippen LogP contribution in [0.4, 0.5) is 0 Å². The highest BCUT2D eigenvalue weighted by Crippen LogP contribution is 2.27. The summed E-state index contributed by atoms with van der Waals surface area (Å²) in [5.74, 6) is 1.17. The highest BCUT2D eigenvalue weighted by atomic mass is 32.1. The van der Waals surface area contributed by atoms with Gasteiger partial charge in [-0.25, -0.2) is 0 Å². The Labute approximate surface area is 149 Å². The molecule has 0 saturated heterocycles. The van der Waals surface area contributed by atoms with Crippen LogP contribution in [0.15, 0.2) is 52.7 Å². The predicted octanol–water partition coefficient (Wildman–Crippen LogP) is 2.55. The molecule has 3 aromatic rings. The van der Waals surface area contributed by atoms with Crippen molar-refractivity contribution in [2.24, 2.45) is 17.3 Å². The zero-order valence-corrected chi connectivity index (χ0v) is 14.9. The molecule has 1 heterocycles. The van der Waals surface area contributed by atoms with Crippen molar-refractivity contribution >= 4 is 27.8 Å². The van der Waals surface area contributed by atoms with E-state index in [1.54, 1.807) is 30.7 Å². The number of aromatic nitrogens is 1. The summed E-state index contributed by atoms with van der Waals surface area (Å²) < 4.78 is 13.9. The Balaban J connectivity index is 1.84. The molecule has 6 nitrogen and oxygen atoms in total. The van der Waals surface area contributed by atoms with Crippen LogP contribution in [0.1, 0.15) is 5.56 Å². The van der Waals surface area contributed by atoms with Crippen LogP contribution in [0.3, 0.4) is 0 Å². The van der Waals surface area contributed by atoms with Crippen molar-refractivity contribution in [1.82, 2.24) is 4.57 Å². The average molecular weight is 357 g/mol. The minimum absolute atomic E-state index is 0.0442. The second-order valence-electron chi connectivity index (χ2n) is 5.24. The molecule has 0 amide bonds. The average Bonchev–Trinajstić information content (AvgIpc) is 2.96. The quantitative estimate of drug-likeness (QED) is 0.544. The van der Waals surface area contributed by atoms with Crippen LogP contribution in [0.25, 0.3) is 10.2 Å². The van der Waals surface area contributed by atoms with E-state index < -0.39 is 0 Å². The van der Waals surface area contributed by atoms with Gasteiger partial charge in [-0.05, 0) is 35.9 Å². The highest BCUT2D eigenvalue weighted by Gasteiger charge is 2.05. The highest BCUT2D eigenvalue weighted by molar-refractivity contribution is 7.16. The standard InChI is InChI=1S/C18H19N3O3S/c1-21-14-5-3-4-6-17(14)25-18(21)20-19-12-13-7-8-15(24-10-9-22)16(11-13)23-2/h3-8,11-12,22H,9-10H2,1-2H3. The Morgan fingerprint density at radius 2 is 2.04 bits per heavy atom. The van der Waals surface area contributed by atoms with Gasteiger partial charge >= 0.3 is 0 Å². The molecule has 1 aromatic heterocycles. The van der Waals surface area contributed by atoms with Crippen molar-refractivity contribution in [3.8, 4) is 11.5 Å². The first kappa shape index (κ1) is 17.2. The van der Waals surface area contributed by atoms with Gasteiger partial charge in [-0.1, -0.05) is 23.5 Å². The number of benzene rings is 2. The van der Waals surface area contributed by atoms with Crippen molar-refractivity contribution in [3.63, 3.8) is 0 Å². The van der Waals surface area contributed by atoms with Gasteiger partial charge in [0.1, 0.15) is 6.61 Å². The van der Waals surface area contributed by atoms with E-state index in [0.717, 1.165) is 15.9 Å². The van der Waals surface area contributed by atoms with Crippen molar-refractivity contribution in [2.75, 3.05) is 20.3 Å². The number of para-hydroxylation sites is 1. The summed E-state index contributed by atoms with van der Waals surface area (Å²) >= 11 is 1.59. The monoisotopic (exact) mass is 357 g/mol. The summed E-state index contributed by atoms with van der Waals surface area (Å²) in [5.41, 5.74) is 1.98. The van der Waals surface area contributed by atoms with Crippen molar-refractivity contribution in [1.29, 1.82) is 0 Å². The van der Waals surface area contributed by atoms with Gasteiger partial charge in [-0.3, -0.25) is 0 Å². The SMILES string of the molecule is COc1cc(C=NN=c2sc3ccccc3n2C)ccc1OCCO. The maximum Gasteiger partial charge on any atom is 0.211 e. The number of hydrogen-bond acceptors (Lipinski definition) is 6.